The third-order valence-corrected chi connectivity index (χ3v) is 2.09. The zero-order valence-electron chi connectivity index (χ0n) is 6.90. The molecule has 0 aliphatic rings. The molecule has 0 aliphatic heterocycles. The molecule has 0 amide bonds. The van der Waals surface area contributed by atoms with Crippen LogP contribution < -0.4 is 5.14 Å². The topological polar surface area (TPSA) is 76.5 Å². The molecule has 1 aromatic heterocycles. The number of aliphatic hydroxyl groups is 1. The summed E-state index contributed by atoms with van der Waals surface area (Å²) in [5, 5.41) is 14.7. The van der Waals surface area contributed by atoms with E-state index in [-0.39, 0.29) is 5.09 Å². The van der Waals surface area contributed by atoms with Crippen molar-refractivity contribution < 1.29 is 13.7 Å². The van der Waals surface area contributed by atoms with Crippen LogP contribution in [0.1, 0.15) is 19.4 Å². The van der Waals surface area contributed by atoms with E-state index in [1.165, 1.54) is 12.3 Å². The summed E-state index contributed by atoms with van der Waals surface area (Å²) in [5.41, 5.74) is -0.419. The van der Waals surface area contributed by atoms with Crippen LogP contribution in [0.5, 0.6) is 0 Å². The van der Waals surface area contributed by atoms with E-state index in [2.05, 4.69) is 0 Å². The largest absolute Gasteiger partial charge is 0.454 e. The van der Waals surface area contributed by atoms with Gasteiger partial charge in [-0.15, -0.1) is 0 Å². The molecule has 1 unspecified atom stereocenters. The Balaban J connectivity index is 3.00. The molecule has 0 bridgehead atoms. The van der Waals surface area contributed by atoms with Gasteiger partial charge in [0.2, 0.25) is 5.09 Å². The highest BCUT2D eigenvalue weighted by Gasteiger charge is 2.19. The Hall–Kier alpha value is -0.650. The molecule has 0 saturated heterocycles. The molecule has 5 heteroatoms. The second kappa shape index (κ2) is 3.01. The van der Waals surface area contributed by atoms with Crippen molar-refractivity contribution in [3.8, 4) is 0 Å². The highest BCUT2D eigenvalue weighted by Crippen LogP contribution is 2.22. The smallest absolute Gasteiger partial charge is 0.205 e. The van der Waals surface area contributed by atoms with Gasteiger partial charge in [0.15, 0.2) is 11.0 Å². The molecule has 1 rings (SSSR count). The monoisotopic (exact) mass is 189 g/mol. The summed E-state index contributed by atoms with van der Waals surface area (Å²) < 4.78 is 15.6. The summed E-state index contributed by atoms with van der Waals surface area (Å²) in [7, 11) is -1.62. The second-order valence-corrected chi connectivity index (χ2v) is 4.01. The van der Waals surface area contributed by atoms with Gasteiger partial charge in [-0.3, -0.25) is 0 Å². The Morgan fingerprint density at radius 3 is 2.50 bits per heavy atom. The van der Waals surface area contributed by atoms with Gasteiger partial charge in [-0.1, -0.05) is 0 Å². The van der Waals surface area contributed by atoms with Gasteiger partial charge in [0.1, 0.15) is 0 Å². The molecule has 3 N–H and O–H groups in total. The molecule has 0 fully saturated rings. The molecule has 4 nitrogen and oxygen atoms in total. The lowest BCUT2D eigenvalue weighted by Crippen LogP contribution is -2.14. The normalized spacial score (nSPS) is 14.7. The molecule has 1 atom stereocenters. The zero-order chi connectivity index (χ0) is 9.35. The first-order valence-electron chi connectivity index (χ1n) is 3.39. The predicted octanol–water partition coefficient (Wildman–Crippen LogP) is 0.488. The van der Waals surface area contributed by atoms with Gasteiger partial charge < -0.3 is 9.52 Å². The first kappa shape index (κ1) is 9.44. The molecule has 0 radical (unpaired) electrons. The van der Waals surface area contributed by atoms with Crippen LogP contribution in [0.2, 0.25) is 0 Å². The van der Waals surface area contributed by atoms with Crippen LogP contribution in [0.25, 0.3) is 0 Å². The van der Waals surface area contributed by atoms with Crippen molar-refractivity contribution in [2.45, 2.75) is 24.5 Å². The quantitative estimate of drug-likeness (QED) is 0.710. The minimum absolute atomic E-state index is 0.173. The third kappa shape index (κ3) is 1.94. The van der Waals surface area contributed by atoms with Crippen LogP contribution in [0.3, 0.4) is 0 Å². The lowest BCUT2D eigenvalue weighted by Gasteiger charge is -2.13. The average Bonchev–Trinajstić information content (AvgIpc) is 2.30. The van der Waals surface area contributed by atoms with Crippen LogP contribution in [-0.4, -0.2) is 9.32 Å². The van der Waals surface area contributed by atoms with Crippen LogP contribution in [0.15, 0.2) is 21.8 Å². The fourth-order valence-corrected chi connectivity index (χ4v) is 1.13. The van der Waals surface area contributed by atoms with E-state index in [9.17, 15) is 9.32 Å². The van der Waals surface area contributed by atoms with E-state index in [4.69, 9.17) is 9.56 Å². The van der Waals surface area contributed by atoms with E-state index in [1.54, 1.807) is 13.8 Å². The molecule has 1 aromatic rings. The van der Waals surface area contributed by atoms with Crippen LogP contribution in [0, 0.1) is 0 Å². The van der Waals surface area contributed by atoms with Crippen molar-refractivity contribution in [1.82, 2.24) is 0 Å². The molecular weight excluding hydrogens is 178 g/mol. The Morgan fingerprint density at radius 2 is 2.25 bits per heavy atom. The van der Waals surface area contributed by atoms with Crippen LogP contribution >= 0.6 is 0 Å². The fourth-order valence-electron chi connectivity index (χ4n) is 0.743. The fraction of sp³-hybridized carbons (Fsp3) is 0.429. The number of hydrogen-bond acceptors (Lipinski definition) is 3. The van der Waals surface area contributed by atoms with E-state index in [1.807, 2.05) is 0 Å². The maximum atomic E-state index is 10.7. The molecular formula is C7H11NO3S. The molecule has 0 aliphatic carbocycles. The van der Waals surface area contributed by atoms with E-state index < -0.39 is 16.6 Å². The number of furan rings is 1. The Morgan fingerprint density at radius 1 is 1.67 bits per heavy atom. The van der Waals surface area contributed by atoms with E-state index >= 15 is 0 Å². The standard InChI is InChI=1S/C7H11NO3S/c1-7(2,9)5-3-6(11-4-5)12(8)10/h3-4,9H,8H2,1-2H3. The molecule has 0 spiro atoms. The van der Waals surface area contributed by atoms with Crippen molar-refractivity contribution in [3.63, 3.8) is 0 Å². The molecule has 0 aromatic carbocycles. The van der Waals surface area contributed by atoms with Gasteiger partial charge in [-0.2, -0.15) is 0 Å². The maximum absolute atomic E-state index is 10.7. The average molecular weight is 189 g/mol. The Kier molecular flexibility index (Phi) is 2.36. The summed E-state index contributed by atoms with van der Waals surface area (Å²) >= 11 is 0. The Bertz CT molecular complexity index is 300. The molecule has 1 heterocycles. The molecule has 12 heavy (non-hydrogen) atoms. The summed E-state index contributed by atoms with van der Waals surface area (Å²) in [6, 6.07) is 1.48. The van der Waals surface area contributed by atoms with Crippen LogP contribution in [0.4, 0.5) is 0 Å². The minimum Gasteiger partial charge on any atom is -0.454 e. The lowest BCUT2D eigenvalue weighted by atomic mass is 10.0. The van der Waals surface area contributed by atoms with Gasteiger partial charge in [0.25, 0.3) is 0 Å². The van der Waals surface area contributed by atoms with Gasteiger partial charge in [-0.25, -0.2) is 9.35 Å². The van der Waals surface area contributed by atoms with Gasteiger partial charge in [0, 0.05) is 11.6 Å². The first-order valence-corrected chi connectivity index (χ1v) is 4.60. The summed E-state index contributed by atoms with van der Waals surface area (Å²) in [5.74, 6) is 0. The van der Waals surface area contributed by atoms with Crippen molar-refractivity contribution in [2.75, 3.05) is 0 Å². The van der Waals surface area contributed by atoms with Gasteiger partial charge >= 0.3 is 0 Å². The SMILES string of the molecule is CC(C)(O)c1coc(S(N)=O)c1. The maximum Gasteiger partial charge on any atom is 0.205 e. The van der Waals surface area contributed by atoms with Crippen molar-refractivity contribution in [3.05, 3.63) is 17.9 Å². The van der Waals surface area contributed by atoms with Crippen molar-refractivity contribution in [2.24, 2.45) is 5.14 Å². The van der Waals surface area contributed by atoms with Crippen LogP contribution in [-0.2, 0) is 16.6 Å². The van der Waals surface area contributed by atoms with Gasteiger partial charge in [0.05, 0.1) is 11.9 Å². The number of hydrogen-bond donors (Lipinski definition) is 2. The minimum atomic E-state index is -1.62. The van der Waals surface area contributed by atoms with Crippen molar-refractivity contribution in [1.29, 1.82) is 0 Å². The third-order valence-electron chi connectivity index (χ3n) is 1.48. The van der Waals surface area contributed by atoms with E-state index in [0.29, 0.717) is 5.56 Å². The van der Waals surface area contributed by atoms with Gasteiger partial charge in [-0.05, 0) is 13.8 Å². The number of rotatable bonds is 2. The Labute approximate surface area is 73.0 Å². The highest BCUT2D eigenvalue weighted by atomic mass is 32.2. The van der Waals surface area contributed by atoms with E-state index in [0.717, 1.165) is 0 Å². The lowest BCUT2D eigenvalue weighted by molar-refractivity contribution is 0.0779. The summed E-state index contributed by atoms with van der Waals surface area (Å²) in [6.07, 6.45) is 1.35. The molecule has 68 valence electrons. The predicted molar refractivity (Wildman–Crippen MR) is 44.5 cm³/mol. The van der Waals surface area contributed by atoms with Crippen molar-refractivity contribution >= 4 is 11.0 Å². The highest BCUT2D eigenvalue weighted by molar-refractivity contribution is 7.82. The number of nitrogens with two attached hydrogens (primary N) is 1. The summed E-state index contributed by atoms with van der Waals surface area (Å²) in [4.78, 5) is 0. The molecule has 0 saturated carbocycles. The second-order valence-electron chi connectivity index (χ2n) is 3.01. The first-order chi connectivity index (χ1) is 5.41. The summed E-state index contributed by atoms with van der Waals surface area (Å²) in [6.45, 7) is 3.22. The zero-order valence-corrected chi connectivity index (χ0v) is 7.72.